The predicted molar refractivity (Wildman–Crippen MR) is 151 cm³/mol. The second-order valence-electron chi connectivity index (χ2n) is 10.8. The number of pyridine rings is 2. The maximum absolute atomic E-state index is 13.7. The molecule has 1 aromatic carbocycles. The zero-order valence-corrected chi connectivity index (χ0v) is 23.8. The van der Waals surface area contributed by atoms with E-state index in [0.29, 0.717) is 61.8 Å². The number of carboxylic acids is 1. The van der Waals surface area contributed by atoms with Gasteiger partial charge in [-0.1, -0.05) is 23.7 Å². The number of rotatable bonds is 9. The number of nitrogens with zero attached hydrogens (tertiary/aromatic N) is 5. The molecule has 2 saturated heterocycles. The monoisotopic (exact) mass is 615 g/mol. The maximum atomic E-state index is 13.7. The summed E-state index contributed by atoms with van der Waals surface area (Å²) >= 11 is 5.94. The first-order valence-electron chi connectivity index (χ1n) is 14.0. The second kappa shape index (κ2) is 12.1. The number of likely N-dealkylation sites (tertiary alicyclic amines) is 1. The van der Waals surface area contributed by atoms with Gasteiger partial charge >= 0.3 is 12.1 Å². The van der Waals surface area contributed by atoms with Crippen molar-refractivity contribution in [2.75, 3.05) is 19.7 Å². The van der Waals surface area contributed by atoms with Gasteiger partial charge in [-0.15, -0.1) is 0 Å². The summed E-state index contributed by atoms with van der Waals surface area (Å²) in [5, 5.41) is 9.96. The average Bonchev–Trinajstić information content (AvgIpc) is 3.28. The van der Waals surface area contributed by atoms with Gasteiger partial charge in [0.2, 0.25) is 5.88 Å². The van der Waals surface area contributed by atoms with Gasteiger partial charge in [0.25, 0.3) is 0 Å². The fraction of sp³-hybridized carbons (Fsp3) is 0.400. The molecule has 5 heterocycles. The topological polar surface area (TPSA) is 103 Å². The first-order chi connectivity index (χ1) is 20.6. The highest BCUT2D eigenvalue weighted by Crippen LogP contribution is 2.33. The molecule has 43 heavy (non-hydrogen) atoms. The van der Waals surface area contributed by atoms with E-state index in [0.717, 1.165) is 29.9 Å². The minimum atomic E-state index is -4.53. The summed E-state index contributed by atoms with van der Waals surface area (Å²) < 4.78 is 54.6. The van der Waals surface area contributed by atoms with Gasteiger partial charge in [-0.25, -0.2) is 19.7 Å². The van der Waals surface area contributed by atoms with Gasteiger partial charge in [0.15, 0.2) is 11.3 Å². The Balaban J connectivity index is 1.14. The molecule has 4 aromatic rings. The molecule has 0 amide bonds. The normalized spacial score (nSPS) is 18.1. The lowest BCUT2D eigenvalue weighted by Crippen LogP contribution is -2.39. The average molecular weight is 616 g/mol. The standard InChI is InChI=1S/C30H29ClF3N5O4/c31-20-3-1-18(2-4-20)13-21-14-19(30(32,33)34)15-27(35-21)43-22-7-10-38(11-8-22)17-26-36-24-5-6-25(29(40)41)37-28(24)39(26)16-23-9-12-42-23/h1-6,14-15,22-23H,7-13,16-17H2,(H,40,41)/t23-/m0/s1. The molecule has 9 nitrogen and oxygen atoms in total. The van der Waals surface area contributed by atoms with Gasteiger partial charge in [-0.05, 0) is 55.2 Å². The van der Waals surface area contributed by atoms with Gasteiger partial charge in [-0.3, -0.25) is 4.90 Å². The molecule has 3 aromatic heterocycles. The Labute approximate surface area is 250 Å². The highest BCUT2D eigenvalue weighted by Gasteiger charge is 2.33. The molecule has 0 spiro atoms. The fourth-order valence-corrected chi connectivity index (χ4v) is 5.48. The number of carboxylic acid groups (broad SMARTS) is 1. The molecule has 2 fully saturated rings. The Bertz CT molecular complexity index is 1620. The third-order valence-electron chi connectivity index (χ3n) is 7.74. The van der Waals surface area contributed by atoms with Crippen LogP contribution >= 0.6 is 11.6 Å². The molecule has 0 bridgehead atoms. The summed E-state index contributed by atoms with van der Waals surface area (Å²) in [5.74, 6) is -0.392. The van der Waals surface area contributed by atoms with E-state index < -0.39 is 17.7 Å². The first-order valence-corrected chi connectivity index (χ1v) is 14.4. The molecule has 1 atom stereocenters. The van der Waals surface area contributed by atoms with Crippen molar-refractivity contribution in [3.63, 3.8) is 0 Å². The SMILES string of the molecule is O=C(O)c1ccc2nc(CN3CCC(Oc4cc(C(F)(F)F)cc(Cc5ccc(Cl)cc5)n4)CC3)n(C[C@@H]3CCO3)c2n1. The molecule has 0 saturated carbocycles. The van der Waals surface area contributed by atoms with E-state index in [1.165, 1.54) is 6.07 Å². The van der Waals surface area contributed by atoms with Crippen molar-refractivity contribution in [1.82, 2.24) is 24.4 Å². The molecular weight excluding hydrogens is 587 g/mol. The number of benzene rings is 1. The predicted octanol–water partition coefficient (Wildman–Crippen LogP) is 5.62. The smallest absolute Gasteiger partial charge is 0.416 e. The summed E-state index contributed by atoms with van der Waals surface area (Å²) in [6, 6.07) is 12.0. The Morgan fingerprint density at radius 2 is 1.79 bits per heavy atom. The molecule has 1 N–H and O–H groups in total. The van der Waals surface area contributed by atoms with Crippen LogP contribution < -0.4 is 4.74 Å². The number of carbonyl (C=O) groups is 1. The third-order valence-corrected chi connectivity index (χ3v) is 7.99. The minimum absolute atomic E-state index is 0.0233. The van der Waals surface area contributed by atoms with Crippen LogP contribution in [0, 0.1) is 0 Å². The lowest BCUT2D eigenvalue weighted by Gasteiger charge is -2.32. The molecular formula is C30H29ClF3N5O4. The zero-order valence-electron chi connectivity index (χ0n) is 23.1. The van der Waals surface area contributed by atoms with Gasteiger partial charge in [0.1, 0.15) is 17.4 Å². The van der Waals surface area contributed by atoms with E-state index in [2.05, 4.69) is 14.9 Å². The number of hydrogen-bond acceptors (Lipinski definition) is 7. The molecule has 2 aliphatic heterocycles. The summed E-state index contributed by atoms with van der Waals surface area (Å²) in [7, 11) is 0. The van der Waals surface area contributed by atoms with Crippen LogP contribution in [0.5, 0.6) is 5.88 Å². The number of alkyl halides is 3. The molecule has 0 aliphatic carbocycles. The Kier molecular flexibility index (Phi) is 8.25. The van der Waals surface area contributed by atoms with Crippen LogP contribution in [0.1, 0.15) is 52.4 Å². The van der Waals surface area contributed by atoms with E-state index in [-0.39, 0.29) is 35.9 Å². The lowest BCUT2D eigenvalue weighted by molar-refractivity contribution is -0.137. The number of piperidine rings is 1. The lowest BCUT2D eigenvalue weighted by atomic mass is 10.1. The summed E-state index contributed by atoms with van der Waals surface area (Å²) in [5.41, 5.74) is 1.33. The number of ether oxygens (including phenoxy) is 2. The number of fused-ring (bicyclic) bond motifs is 1. The van der Waals surface area contributed by atoms with Crippen molar-refractivity contribution in [1.29, 1.82) is 0 Å². The van der Waals surface area contributed by atoms with E-state index in [9.17, 15) is 23.1 Å². The maximum Gasteiger partial charge on any atom is 0.416 e. The van der Waals surface area contributed by atoms with E-state index >= 15 is 0 Å². The Morgan fingerprint density at radius 1 is 1.05 bits per heavy atom. The third kappa shape index (κ3) is 6.92. The summed E-state index contributed by atoms with van der Waals surface area (Å²) in [6.07, 6.45) is -2.49. The number of imidazole rings is 1. The van der Waals surface area contributed by atoms with Crippen LogP contribution in [0.2, 0.25) is 5.02 Å². The molecule has 6 rings (SSSR count). The van der Waals surface area contributed by atoms with Gasteiger partial charge in [0, 0.05) is 42.9 Å². The zero-order chi connectivity index (χ0) is 30.1. The van der Waals surface area contributed by atoms with Gasteiger partial charge in [-0.2, -0.15) is 13.2 Å². The minimum Gasteiger partial charge on any atom is -0.477 e. The Morgan fingerprint density at radius 3 is 2.44 bits per heavy atom. The molecule has 0 radical (unpaired) electrons. The van der Waals surface area contributed by atoms with Crippen LogP contribution in [-0.2, 0) is 30.4 Å². The van der Waals surface area contributed by atoms with Crippen LogP contribution in [0.3, 0.4) is 0 Å². The van der Waals surface area contributed by atoms with Crippen LogP contribution in [-0.4, -0.2) is 67.4 Å². The largest absolute Gasteiger partial charge is 0.477 e. The highest BCUT2D eigenvalue weighted by molar-refractivity contribution is 6.30. The van der Waals surface area contributed by atoms with Crippen molar-refractivity contribution in [2.45, 2.75) is 57.2 Å². The fourth-order valence-electron chi connectivity index (χ4n) is 5.35. The molecule has 226 valence electrons. The van der Waals surface area contributed by atoms with Crippen LogP contribution in [0.25, 0.3) is 11.2 Å². The summed E-state index contributed by atoms with van der Waals surface area (Å²) in [4.78, 5) is 27.2. The molecule has 13 heteroatoms. The molecule has 0 unspecified atom stereocenters. The quantitative estimate of drug-likeness (QED) is 0.259. The number of halogens is 4. The highest BCUT2D eigenvalue weighted by atomic mass is 35.5. The molecule has 2 aliphatic rings. The van der Waals surface area contributed by atoms with Gasteiger partial charge in [0.05, 0.1) is 24.8 Å². The van der Waals surface area contributed by atoms with Crippen LogP contribution in [0.4, 0.5) is 13.2 Å². The second-order valence-corrected chi connectivity index (χ2v) is 11.3. The number of hydrogen-bond donors (Lipinski definition) is 1. The van der Waals surface area contributed by atoms with E-state index in [1.54, 1.807) is 30.3 Å². The van der Waals surface area contributed by atoms with Gasteiger partial charge < -0.3 is 19.1 Å². The van der Waals surface area contributed by atoms with Crippen LogP contribution in [0.15, 0.2) is 48.5 Å². The van der Waals surface area contributed by atoms with Crippen molar-refractivity contribution >= 4 is 28.7 Å². The Hall–Kier alpha value is -3.74. The first kappa shape index (κ1) is 29.3. The number of aromatic carboxylic acids is 1. The van der Waals surface area contributed by atoms with E-state index in [1.807, 2.05) is 4.57 Å². The number of aromatic nitrogens is 4. The van der Waals surface area contributed by atoms with Crippen molar-refractivity contribution in [3.05, 3.63) is 81.9 Å². The summed E-state index contributed by atoms with van der Waals surface area (Å²) in [6.45, 7) is 3.00. The van der Waals surface area contributed by atoms with Crippen molar-refractivity contribution < 1.29 is 32.5 Å². The van der Waals surface area contributed by atoms with E-state index in [4.69, 9.17) is 26.1 Å². The van der Waals surface area contributed by atoms with Crippen molar-refractivity contribution in [2.24, 2.45) is 0 Å². The van der Waals surface area contributed by atoms with Crippen molar-refractivity contribution in [3.8, 4) is 5.88 Å².